The molecule has 0 aliphatic rings. The van der Waals surface area contributed by atoms with Gasteiger partial charge in [-0.25, -0.2) is 8.78 Å². The molecular weight excluding hydrogens is 198 g/mol. The van der Waals surface area contributed by atoms with Crippen molar-refractivity contribution in [3.63, 3.8) is 0 Å². The summed E-state index contributed by atoms with van der Waals surface area (Å²) in [6.45, 7) is 0. The monoisotopic (exact) mass is 205 g/mol. The quantitative estimate of drug-likeness (QED) is 0.728. The fourth-order valence-electron chi connectivity index (χ4n) is 1.16. The molecule has 1 radical (unpaired) electrons. The zero-order valence-electron chi connectivity index (χ0n) is 7.71. The highest BCUT2D eigenvalue weighted by atomic mass is 19.1. The van der Waals surface area contributed by atoms with Gasteiger partial charge in [0.1, 0.15) is 23.1 Å². The van der Waals surface area contributed by atoms with E-state index in [2.05, 4.69) is 6.07 Å². The summed E-state index contributed by atoms with van der Waals surface area (Å²) in [7, 11) is 0. The molecular formula is C12H7F2O. The lowest BCUT2D eigenvalue weighted by Gasteiger charge is -2.04. The average molecular weight is 205 g/mol. The number of benzene rings is 2. The van der Waals surface area contributed by atoms with Crippen LogP contribution in [-0.4, -0.2) is 0 Å². The third-order valence-corrected chi connectivity index (χ3v) is 1.75. The van der Waals surface area contributed by atoms with Crippen LogP contribution in [0.25, 0.3) is 0 Å². The molecule has 3 heteroatoms. The molecule has 0 aliphatic carbocycles. The van der Waals surface area contributed by atoms with Crippen LogP contribution >= 0.6 is 0 Å². The smallest absolute Gasteiger partial charge is 0.133 e. The van der Waals surface area contributed by atoms with Crippen LogP contribution in [0.2, 0.25) is 0 Å². The first-order valence-corrected chi connectivity index (χ1v) is 4.34. The van der Waals surface area contributed by atoms with Gasteiger partial charge in [0.25, 0.3) is 0 Å². The van der Waals surface area contributed by atoms with Crippen LogP contribution in [-0.2, 0) is 0 Å². The van der Waals surface area contributed by atoms with Gasteiger partial charge >= 0.3 is 0 Å². The van der Waals surface area contributed by atoms with Crippen molar-refractivity contribution in [2.75, 3.05) is 0 Å². The molecule has 0 aromatic heterocycles. The van der Waals surface area contributed by atoms with E-state index < -0.39 is 11.6 Å². The van der Waals surface area contributed by atoms with Gasteiger partial charge in [0.15, 0.2) is 0 Å². The Labute approximate surface area is 85.9 Å². The summed E-state index contributed by atoms with van der Waals surface area (Å²) in [6.07, 6.45) is 0. The molecule has 0 atom stereocenters. The second-order valence-electron chi connectivity index (χ2n) is 2.95. The molecule has 2 rings (SSSR count). The van der Waals surface area contributed by atoms with E-state index in [4.69, 9.17) is 4.74 Å². The van der Waals surface area contributed by atoms with E-state index >= 15 is 0 Å². The number of rotatable bonds is 2. The standard InChI is InChI=1S/C12H7F2O/c13-9-6-10(14)8-12(7-9)15-11-4-2-1-3-5-11/h1-2,4-8H. The molecule has 0 bridgehead atoms. The van der Waals surface area contributed by atoms with E-state index in [1.807, 2.05) is 0 Å². The predicted octanol–water partition coefficient (Wildman–Crippen LogP) is 3.56. The van der Waals surface area contributed by atoms with Gasteiger partial charge in [0, 0.05) is 18.2 Å². The van der Waals surface area contributed by atoms with E-state index in [-0.39, 0.29) is 5.75 Å². The van der Waals surface area contributed by atoms with E-state index in [0.717, 1.165) is 18.2 Å². The lowest BCUT2D eigenvalue weighted by molar-refractivity contribution is 0.468. The Hall–Kier alpha value is -1.90. The highest BCUT2D eigenvalue weighted by Gasteiger charge is 2.02. The Morgan fingerprint density at radius 1 is 1.00 bits per heavy atom. The molecule has 2 aromatic carbocycles. The van der Waals surface area contributed by atoms with Crippen LogP contribution in [0.3, 0.4) is 0 Å². The molecule has 0 saturated heterocycles. The first kappa shape index (κ1) is 9.65. The SMILES string of the molecule is Fc1cc(F)cc(Oc2c[c]ccc2)c1. The third-order valence-electron chi connectivity index (χ3n) is 1.75. The van der Waals surface area contributed by atoms with Crippen molar-refractivity contribution in [1.82, 2.24) is 0 Å². The summed E-state index contributed by atoms with van der Waals surface area (Å²) in [6, 6.07) is 12.5. The van der Waals surface area contributed by atoms with Crippen molar-refractivity contribution >= 4 is 0 Å². The molecule has 0 N–H and O–H groups in total. The zero-order chi connectivity index (χ0) is 10.7. The van der Waals surface area contributed by atoms with Crippen LogP contribution in [0, 0.1) is 17.7 Å². The van der Waals surface area contributed by atoms with E-state index in [9.17, 15) is 8.78 Å². The minimum atomic E-state index is -0.662. The molecule has 0 fully saturated rings. The van der Waals surface area contributed by atoms with Crippen LogP contribution in [0.5, 0.6) is 11.5 Å². The van der Waals surface area contributed by atoms with E-state index in [0.29, 0.717) is 5.75 Å². The lowest BCUT2D eigenvalue weighted by atomic mass is 10.3. The van der Waals surface area contributed by atoms with Crippen molar-refractivity contribution in [2.45, 2.75) is 0 Å². The maximum absolute atomic E-state index is 12.8. The molecule has 0 unspecified atom stereocenters. The minimum absolute atomic E-state index is 0.132. The van der Waals surface area contributed by atoms with Crippen LogP contribution in [0.4, 0.5) is 8.78 Å². The molecule has 0 heterocycles. The number of hydrogen-bond donors (Lipinski definition) is 0. The highest BCUT2D eigenvalue weighted by Crippen LogP contribution is 2.22. The Kier molecular flexibility index (Phi) is 2.63. The Morgan fingerprint density at radius 2 is 1.73 bits per heavy atom. The number of ether oxygens (including phenoxy) is 1. The normalized spacial score (nSPS) is 10.0. The van der Waals surface area contributed by atoms with Crippen molar-refractivity contribution in [1.29, 1.82) is 0 Å². The fourth-order valence-corrected chi connectivity index (χ4v) is 1.16. The predicted molar refractivity (Wildman–Crippen MR) is 51.7 cm³/mol. The maximum Gasteiger partial charge on any atom is 0.133 e. The van der Waals surface area contributed by atoms with E-state index in [1.54, 1.807) is 24.3 Å². The largest absolute Gasteiger partial charge is 0.457 e. The van der Waals surface area contributed by atoms with Crippen molar-refractivity contribution in [3.05, 3.63) is 60.2 Å². The van der Waals surface area contributed by atoms with Gasteiger partial charge in [-0.15, -0.1) is 0 Å². The minimum Gasteiger partial charge on any atom is -0.457 e. The summed E-state index contributed by atoms with van der Waals surface area (Å²) in [4.78, 5) is 0. The Balaban J connectivity index is 2.25. The van der Waals surface area contributed by atoms with Gasteiger partial charge in [-0.3, -0.25) is 0 Å². The third kappa shape index (κ3) is 2.53. The second kappa shape index (κ2) is 4.09. The summed E-state index contributed by atoms with van der Waals surface area (Å²) in [5.41, 5.74) is 0. The first-order valence-electron chi connectivity index (χ1n) is 4.34. The molecule has 0 saturated carbocycles. The highest BCUT2D eigenvalue weighted by molar-refractivity contribution is 5.31. The van der Waals surface area contributed by atoms with Crippen LogP contribution in [0.1, 0.15) is 0 Å². The van der Waals surface area contributed by atoms with Crippen molar-refractivity contribution < 1.29 is 13.5 Å². The zero-order valence-corrected chi connectivity index (χ0v) is 7.71. The summed E-state index contributed by atoms with van der Waals surface area (Å²) in [5.74, 6) is -0.704. The van der Waals surface area contributed by atoms with Gasteiger partial charge in [-0.05, 0) is 18.2 Å². The van der Waals surface area contributed by atoms with Gasteiger partial charge in [-0.1, -0.05) is 12.1 Å². The molecule has 75 valence electrons. The Bertz CT molecular complexity index is 434. The molecule has 0 amide bonds. The average Bonchev–Trinajstić information content (AvgIpc) is 2.17. The second-order valence-corrected chi connectivity index (χ2v) is 2.95. The van der Waals surface area contributed by atoms with Crippen LogP contribution in [0.15, 0.2) is 42.5 Å². The van der Waals surface area contributed by atoms with Gasteiger partial charge in [0.2, 0.25) is 0 Å². The summed E-state index contributed by atoms with van der Waals surface area (Å²) < 4.78 is 30.8. The van der Waals surface area contributed by atoms with Gasteiger partial charge in [0.05, 0.1) is 0 Å². The number of hydrogen-bond acceptors (Lipinski definition) is 1. The lowest BCUT2D eigenvalue weighted by Crippen LogP contribution is -1.86. The number of halogens is 2. The Morgan fingerprint density at radius 3 is 2.33 bits per heavy atom. The fraction of sp³-hybridized carbons (Fsp3) is 0. The molecule has 1 nitrogen and oxygen atoms in total. The van der Waals surface area contributed by atoms with Crippen molar-refractivity contribution in [3.8, 4) is 11.5 Å². The van der Waals surface area contributed by atoms with Crippen molar-refractivity contribution in [2.24, 2.45) is 0 Å². The summed E-state index contributed by atoms with van der Waals surface area (Å²) >= 11 is 0. The molecule has 0 spiro atoms. The topological polar surface area (TPSA) is 9.23 Å². The van der Waals surface area contributed by atoms with Gasteiger partial charge < -0.3 is 4.74 Å². The van der Waals surface area contributed by atoms with Crippen LogP contribution < -0.4 is 4.74 Å². The molecule has 15 heavy (non-hydrogen) atoms. The molecule has 0 aliphatic heterocycles. The summed E-state index contributed by atoms with van der Waals surface area (Å²) in [5, 5.41) is 0. The van der Waals surface area contributed by atoms with Gasteiger partial charge in [-0.2, -0.15) is 0 Å². The molecule has 2 aromatic rings. The first-order chi connectivity index (χ1) is 7.24. The maximum atomic E-state index is 12.8. The van der Waals surface area contributed by atoms with E-state index in [1.165, 1.54) is 0 Å².